The van der Waals surface area contributed by atoms with Gasteiger partial charge in [0.25, 0.3) is 0 Å². The third-order valence-electron chi connectivity index (χ3n) is 1.94. The third-order valence-corrected chi connectivity index (χ3v) is 1.94. The Labute approximate surface area is 77.2 Å². The van der Waals surface area contributed by atoms with E-state index in [1.807, 2.05) is 0 Å². The molecule has 0 saturated carbocycles. The number of rotatable bonds is 1. The van der Waals surface area contributed by atoms with Gasteiger partial charge in [0.2, 0.25) is 0 Å². The summed E-state index contributed by atoms with van der Waals surface area (Å²) in [5.74, 6) is 0.826. The summed E-state index contributed by atoms with van der Waals surface area (Å²) in [6.45, 7) is 4.15. The van der Waals surface area contributed by atoms with Gasteiger partial charge in [0, 0.05) is 5.56 Å². The van der Waals surface area contributed by atoms with Crippen molar-refractivity contribution in [2.24, 2.45) is 0 Å². The molecule has 0 aliphatic carbocycles. The molecular formula is C11H11NO. The molecule has 0 aliphatic heterocycles. The van der Waals surface area contributed by atoms with Gasteiger partial charge < -0.3 is 4.42 Å². The minimum absolute atomic E-state index is 0.826. The first-order valence-electron chi connectivity index (χ1n) is 4.23. The molecular weight excluding hydrogens is 162 g/mol. The van der Waals surface area contributed by atoms with Crippen LogP contribution in [0.1, 0.15) is 11.1 Å². The zero-order chi connectivity index (χ0) is 9.26. The van der Waals surface area contributed by atoms with Crippen LogP contribution in [0.4, 0.5) is 0 Å². The van der Waals surface area contributed by atoms with Gasteiger partial charge >= 0.3 is 0 Å². The normalized spacial score (nSPS) is 10.3. The second kappa shape index (κ2) is 3.05. The fraction of sp³-hybridized carbons (Fsp3) is 0.182. The molecule has 2 aromatic rings. The Hall–Kier alpha value is -1.57. The van der Waals surface area contributed by atoms with Crippen LogP contribution in [0, 0.1) is 13.8 Å². The average molecular weight is 173 g/mol. The lowest BCUT2D eigenvalue weighted by molar-refractivity contribution is 0.572. The Morgan fingerprint density at radius 2 is 1.77 bits per heavy atom. The number of aromatic nitrogens is 1. The predicted molar refractivity (Wildman–Crippen MR) is 51.4 cm³/mol. The molecule has 0 amide bonds. The summed E-state index contributed by atoms with van der Waals surface area (Å²) in [6, 6.07) is 6.32. The first kappa shape index (κ1) is 8.05. The quantitative estimate of drug-likeness (QED) is 0.662. The summed E-state index contributed by atoms with van der Waals surface area (Å²) >= 11 is 0. The van der Waals surface area contributed by atoms with Gasteiger partial charge in [0.15, 0.2) is 12.2 Å². The highest BCUT2D eigenvalue weighted by Crippen LogP contribution is 2.21. The van der Waals surface area contributed by atoms with Crippen molar-refractivity contribution in [2.75, 3.05) is 0 Å². The van der Waals surface area contributed by atoms with Crippen molar-refractivity contribution in [2.45, 2.75) is 13.8 Å². The lowest BCUT2D eigenvalue weighted by Gasteiger charge is -2.00. The summed E-state index contributed by atoms with van der Waals surface area (Å²) in [4.78, 5) is 3.89. The maximum absolute atomic E-state index is 5.22. The molecule has 66 valence electrons. The standard InChI is InChI=1S/C11H11NO/c1-8-3-9(2)5-10(4-8)11-6-12-7-13-11/h3-7H,1-2H3. The van der Waals surface area contributed by atoms with Crippen molar-refractivity contribution in [3.8, 4) is 11.3 Å². The fourth-order valence-electron chi connectivity index (χ4n) is 1.48. The van der Waals surface area contributed by atoms with Gasteiger partial charge in [-0.1, -0.05) is 17.2 Å². The fourth-order valence-corrected chi connectivity index (χ4v) is 1.48. The summed E-state index contributed by atoms with van der Waals surface area (Å²) in [6.07, 6.45) is 3.18. The smallest absolute Gasteiger partial charge is 0.181 e. The maximum atomic E-state index is 5.22. The number of benzene rings is 1. The molecule has 0 N–H and O–H groups in total. The molecule has 0 fully saturated rings. The zero-order valence-electron chi connectivity index (χ0n) is 7.74. The molecule has 2 nitrogen and oxygen atoms in total. The van der Waals surface area contributed by atoms with Crippen LogP contribution in [0.2, 0.25) is 0 Å². The van der Waals surface area contributed by atoms with E-state index in [0.29, 0.717) is 0 Å². The van der Waals surface area contributed by atoms with Gasteiger partial charge in [-0.2, -0.15) is 0 Å². The molecule has 2 heteroatoms. The Kier molecular flexibility index (Phi) is 1.89. The molecule has 1 aromatic carbocycles. The van der Waals surface area contributed by atoms with Crippen LogP contribution in [0.15, 0.2) is 35.2 Å². The van der Waals surface area contributed by atoms with E-state index in [4.69, 9.17) is 4.42 Å². The van der Waals surface area contributed by atoms with Gasteiger partial charge in [-0.05, 0) is 26.0 Å². The second-order valence-electron chi connectivity index (χ2n) is 3.24. The van der Waals surface area contributed by atoms with Gasteiger partial charge in [-0.3, -0.25) is 0 Å². The third kappa shape index (κ3) is 1.61. The van der Waals surface area contributed by atoms with E-state index in [-0.39, 0.29) is 0 Å². The van der Waals surface area contributed by atoms with Crippen LogP contribution in [0.5, 0.6) is 0 Å². The number of oxazole rings is 1. The van der Waals surface area contributed by atoms with Gasteiger partial charge in [-0.25, -0.2) is 4.98 Å². The number of nitrogens with zero attached hydrogens (tertiary/aromatic N) is 1. The van der Waals surface area contributed by atoms with Crippen LogP contribution < -0.4 is 0 Å². The van der Waals surface area contributed by atoms with Crippen molar-refractivity contribution < 1.29 is 4.42 Å². The Balaban J connectivity index is 2.53. The van der Waals surface area contributed by atoms with Gasteiger partial charge in [0.05, 0.1) is 6.20 Å². The van der Waals surface area contributed by atoms with Crippen molar-refractivity contribution in [3.63, 3.8) is 0 Å². The number of aryl methyl sites for hydroxylation is 2. The van der Waals surface area contributed by atoms with E-state index in [0.717, 1.165) is 11.3 Å². The lowest BCUT2D eigenvalue weighted by atomic mass is 10.1. The first-order chi connectivity index (χ1) is 6.25. The van der Waals surface area contributed by atoms with E-state index in [2.05, 4.69) is 37.0 Å². The molecule has 1 heterocycles. The maximum Gasteiger partial charge on any atom is 0.181 e. The van der Waals surface area contributed by atoms with Crippen LogP contribution in [-0.4, -0.2) is 4.98 Å². The highest BCUT2D eigenvalue weighted by molar-refractivity contribution is 5.58. The molecule has 1 aromatic heterocycles. The topological polar surface area (TPSA) is 26.0 Å². The molecule has 0 bridgehead atoms. The summed E-state index contributed by atoms with van der Waals surface area (Å²) in [5, 5.41) is 0. The number of hydrogen-bond donors (Lipinski definition) is 0. The van der Waals surface area contributed by atoms with Crippen LogP contribution in [0.3, 0.4) is 0 Å². The van der Waals surface area contributed by atoms with Crippen LogP contribution in [0.25, 0.3) is 11.3 Å². The minimum atomic E-state index is 0.826. The first-order valence-corrected chi connectivity index (χ1v) is 4.23. The Morgan fingerprint density at radius 1 is 1.08 bits per heavy atom. The molecule has 0 radical (unpaired) electrons. The Morgan fingerprint density at radius 3 is 2.31 bits per heavy atom. The summed E-state index contributed by atoms with van der Waals surface area (Å²) < 4.78 is 5.22. The molecule has 0 spiro atoms. The van der Waals surface area contributed by atoms with E-state index >= 15 is 0 Å². The second-order valence-corrected chi connectivity index (χ2v) is 3.24. The van der Waals surface area contributed by atoms with Gasteiger partial charge in [0.1, 0.15) is 0 Å². The average Bonchev–Trinajstić information content (AvgIpc) is 2.53. The van der Waals surface area contributed by atoms with Crippen LogP contribution >= 0.6 is 0 Å². The van der Waals surface area contributed by atoms with E-state index in [9.17, 15) is 0 Å². The van der Waals surface area contributed by atoms with Crippen molar-refractivity contribution in [1.82, 2.24) is 4.98 Å². The zero-order valence-corrected chi connectivity index (χ0v) is 7.74. The molecule has 0 aliphatic rings. The predicted octanol–water partition coefficient (Wildman–Crippen LogP) is 2.96. The Bertz CT molecular complexity index is 384. The van der Waals surface area contributed by atoms with E-state index < -0.39 is 0 Å². The summed E-state index contributed by atoms with van der Waals surface area (Å²) in [7, 11) is 0. The van der Waals surface area contributed by atoms with Crippen molar-refractivity contribution in [1.29, 1.82) is 0 Å². The van der Waals surface area contributed by atoms with Gasteiger partial charge in [-0.15, -0.1) is 0 Å². The van der Waals surface area contributed by atoms with Crippen molar-refractivity contribution >= 4 is 0 Å². The highest BCUT2D eigenvalue weighted by atomic mass is 16.3. The summed E-state index contributed by atoms with van der Waals surface area (Å²) in [5.41, 5.74) is 3.58. The minimum Gasteiger partial charge on any atom is -0.444 e. The lowest BCUT2D eigenvalue weighted by Crippen LogP contribution is -1.80. The molecule has 0 atom stereocenters. The largest absolute Gasteiger partial charge is 0.444 e. The molecule has 13 heavy (non-hydrogen) atoms. The molecule has 0 unspecified atom stereocenters. The number of hydrogen-bond acceptors (Lipinski definition) is 2. The van der Waals surface area contributed by atoms with Crippen molar-refractivity contribution in [3.05, 3.63) is 41.9 Å². The van der Waals surface area contributed by atoms with E-state index in [1.165, 1.54) is 17.5 Å². The molecule has 2 rings (SSSR count). The SMILES string of the molecule is Cc1cc(C)cc(-c2cnco2)c1. The van der Waals surface area contributed by atoms with Crippen LogP contribution in [-0.2, 0) is 0 Å². The monoisotopic (exact) mass is 173 g/mol. The highest BCUT2D eigenvalue weighted by Gasteiger charge is 2.01. The molecule has 0 saturated heterocycles. The van der Waals surface area contributed by atoms with E-state index in [1.54, 1.807) is 6.20 Å².